The molecule has 0 saturated carbocycles. The molecule has 0 aromatic heterocycles. The molecule has 1 aliphatic rings. The molecule has 1 heterocycles. The Kier molecular flexibility index (Phi) is 7.83. The number of benzene rings is 3. The van der Waals surface area contributed by atoms with Gasteiger partial charge in [0.05, 0.1) is 49.1 Å². The van der Waals surface area contributed by atoms with Crippen molar-refractivity contribution in [2.24, 2.45) is 0 Å². The number of hydrogen-bond donors (Lipinski definition) is 1. The standard InChI is InChI=1S/C29H27ClN2O7/c1-31(2)18-10-6-16(7-11-18)25-24(26(33)20-14-23(38-4)21(30)15-22(20)37-3)27(34)28(35)32(25)19-12-8-17(9-13-19)29(36)39-5/h6-15,25,33H,1-5H3/b26-24+. The van der Waals surface area contributed by atoms with E-state index in [1.165, 1.54) is 50.5 Å². The summed E-state index contributed by atoms with van der Waals surface area (Å²) < 4.78 is 15.5. The van der Waals surface area contributed by atoms with E-state index in [-0.39, 0.29) is 33.2 Å². The fraction of sp³-hybridized carbons (Fsp3) is 0.207. The summed E-state index contributed by atoms with van der Waals surface area (Å²) in [5.41, 5.74) is 2.11. The Bertz CT molecular complexity index is 1460. The zero-order valence-corrected chi connectivity index (χ0v) is 22.8. The van der Waals surface area contributed by atoms with E-state index in [9.17, 15) is 19.5 Å². The van der Waals surface area contributed by atoms with Gasteiger partial charge in [0.2, 0.25) is 0 Å². The number of ketones is 1. The molecule has 1 fully saturated rings. The number of ether oxygens (including phenoxy) is 3. The summed E-state index contributed by atoms with van der Waals surface area (Å²) >= 11 is 6.24. The Labute approximate surface area is 230 Å². The van der Waals surface area contributed by atoms with Crippen molar-refractivity contribution in [3.8, 4) is 11.5 Å². The minimum Gasteiger partial charge on any atom is -0.507 e. The molecular weight excluding hydrogens is 524 g/mol. The third-order valence-corrected chi connectivity index (χ3v) is 6.76. The van der Waals surface area contributed by atoms with Crippen molar-refractivity contribution >= 4 is 46.4 Å². The number of aliphatic hydroxyl groups excluding tert-OH is 1. The normalized spacial score (nSPS) is 16.3. The second kappa shape index (κ2) is 11.1. The third kappa shape index (κ3) is 5.00. The molecule has 10 heteroatoms. The van der Waals surface area contributed by atoms with Gasteiger partial charge in [0, 0.05) is 31.5 Å². The fourth-order valence-electron chi connectivity index (χ4n) is 4.44. The van der Waals surface area contributed by atoms with Gasteiger partial charge < -0.3 is 24.2 Å². The highest BCUT2D eigenvalue weighted by Gasteiger charge is 2.47. The van der Waals surface area contributed by atoms with Crippen LogP contribution >= 0.6 is 11.6 Å². The van der Waals surface area contributed by atoms with Crippen LogP contribution in [0, 0.1) is 0 Å². The molecule has 0 spiro atoms. The highest BCUT2D eigenvalue weighted by Crippen LogP contribution is 2.45. The van der Waals surface area contributed by atoms with Crippen LogP contribution in [0.1, 0.15) is 27.5 Å². The molecule has 202 valence electrons. The quantitative estimate of drug-likeness (QED) is 0.193. The Morgan fingerprint density at radius 1 is 0.923 bits per heavy atom. The number of carbonyl (C=O) groups excluding carboxylic acids is 3. The number of anilines is 2. The summed E-state index contributed by atoms with van der Waals surface area (Å²) in [4.78, 5) is 42.1. The van der Waals surface area contributed by atoms with Crippen molar-refractivity contribution in [1.82, 2.24) is 0 Å². The first-order chi connectivity index (χ1) is 18.6. The molecular formula is C29H27ClN2O7. The number of nitrogens with zero attached hydrogens (tertiary/aromatic N) is 2. The van der Waals surface area contributed by atoms with Crippen LogP contribution in [-0.2, 0) is 14.3 Å². The highest BCUT2D eigenvalue weighted by atomic mass is 35.5. The first-order valence-corrected chi connectivity index (χ1v) is 12.2. The molecule has 0 aliphatic carbocycles. The Hall–Kier alpha value is -4.50. The molecule has 1 N–H and O–H groups in total. The van der Waals surface area contributed by atoms with E-state index in [1.54, 1.807) is 24.3 Å². The molecule has 1 amide bonds. The zero-order chi connectivity index (χ0) is 28.4. The molecule has 39 heavy (non-hydrogen) atoms. The van der Waals surface area contributed by atoms with E-state index < -0.39 is 29.5 Å². The number of amides is 1. The summed E-state index contributed by atoms with van der Waals surface area (Å²) in [6.45, 7) is 0. The minimum atomic E-state index is -0.989. The average molecular weight is 551 g/mol. The first-order valence-electron chi connectivity index (χ1n) is 11.8. The zero-order valence-electron chi connectivity index (χ0n) is 22.0. The van der Waals surface area contributed by atoms with Crippen LogP contribution in [0.15, 0.2) is 66.2 Å². The molecule has 9 nitrogen and oxygen atoms in total. The second-order valence-corrected chi connectivity index (χ2v) is 9.29. The van der Waals surface area contributed by atoms with Crippen molar-refractivity contribution in [3.63, 3.8) is 0 Å². The Balaban J connectivity index is 1.95. The van der Waals surface area contributed by atoms with E-state index in [0.29, 0.717) is 11.3 Å². The van der Waals surface area contributed by atoms with Gasteiger partial charge in [-0.1, -0.05) is 23.7 Å². The van der Waals surface area contributed by atoms with Gasteiger partial charge in [0.1, 0.15) is 17.3 Å². The average Bonchev–Trinajstić information content (AvgIpc) is 3.21. The molecule has 0 bridgehead atoms. The predicted molar refractivity (Wildman–Crippen MR) is 148 cm³/mol. The van der Waals surface area contributed by atoms with Crippen molar-refractivity contribution in [1.29, 1.82) is 0 Å². The molecule has 1 atom stereocenters. The van der Waals surface area contributed by atoms with E-state index >= 15 is 0 Å². The van der Waals surface area contributed by atoms with Gasteiger partial charge in [-0.05, 0) is 48.0 Å². The molecule has 1 aliphatic heterocycles. The minimum absolute atomic E-state index is 0.132. The van der Waals surface area contributed by atoms with Crippen LogP contribution in [0.25, 0.3) is 5.76 Å². The number of methoxy groups -OCH3 is 3. The molecule has 4 rings (SSSR count). The smallest absolute Gasteiger partial charge is 0.337 e. The lowest BCUT2D eigenvalue weighted by molar-refractivity contribution is -0.132. The molecule has 1 saturated heterocycles. The topological polar surface area (TPSA) is 106 Å². The van der Waals surface area contributed by atoms with Gasteiger partial charge >= 0.3 is 5.97 Å². The van der Waals surface area contributed by atoms with Crippen LogP contribution in [0.3, 0.4) is 0 Å². The molecule has 3 aromatic carbocycles. The SMILES string of the molecule is COC(=O)c1ccc(N2C(=O)C(=O)/C(=C(/O)c3cc(OC)c(Cl)cc3OC)C2c2ccc(N(C)C)cc2)cc1. The van der Waals surface area contributed by atoms with Gasteiger partial charge in [-0.25, -0.2) is 4.79 Å². The number of Topliss-reactive ketones (excluding diaryl/α,β-unsaturated/α-hetero) is 1. The maximum atomic E-state index is 13.5. The number of halogens is 1. The summed E-state index contributed by atoms with van der Waals surface area (Å²) in [5, 5.41) is 11.8. The lowest BCUT2D eigenvalue weighted by Gasteiger charge is -2.26. The van der Waals surface area contributed by atoms with Gasteiger partial charge in [0.15, 0.2) is 0 Å². The van der Waals surface area contributed by atoms with Crippen molar-refractivity contribution in [2.45, 2.75) is 6.04 Å². The Morgan fingerprint density at radius 3 is 2.08 bits per heavy atom. The number of carbonyl (C=O) groups is 3. The highest BCUT2D eigenvalue weighted by molar-refractivity contribution is 6.51. The maximum Gasteiger partial charge on any atom is 0.337 e. The van der Waals surface area contributed by atoms with E-state index in [2.05, 4.69) is 0 Å². The summed E-state index contributed by atoms with van der Waals surface area (Å²) in [6.07, 6.45) is 0. The van der Waals surface area contributed by atoms with Crippen molar-refractivity contribution < 1.29 is 33.7 Å². The molecule has 0 radical (unpaired) electrons. The summed E-state index contributed by atoms with van der Waals surface area (Å²) in [7, 11) is 7.87. The van der Waals surface area contributed by atoms with Gasteiger partial charge in [-0.15, -0.1) is 0 Å². The number of aliphatic hydroxyl groups is 1. The van der Waals surface area contributed by atoms with Gasteiger partial charge in [0.25, 0.3) is 11.7 Å². The van der Waals surface area contributed by atoms with Crippen LogP contribution in [0.5, 0.6) is 11.5 Å². The first kappa shape index (κ1) is 27.5. The van der Waals surface area contributed by atoms with Crippen molar-refractivity contribution in [2.75, 3.05) is 45.2 Å². The van der Waals surface area contributed by atoms with Crippen LogP contribution in [-0.4, -0.2) is 58.2 Å². The van der Waals surface area contributed by atoms with E-state index in [4.69, 9.17) is 25.8 Å². The molecule has 3 aromatic rings. The monoisotopic (exact) mass is 550 g/mol. The molecule has 1 unspecified atom stereocenters. The largest absolute Gasteiger partial charge is 0.507 e. The Morgan fingerprint density at radius 2 is 1.54 bits per heavy atom. The second-order valence-electron chi connectivity index (χ2n) is 8.88. The van der Waals surface area contributed by atoms with Gasteiger partial charge in [-0.2, -0.15) is 0 Å². The number of esters is 1. The lowest BCUT2D eigenvalue weighted by atomic mass is 9.94. The number of rotatable bonds is 7. The van der Waals surface area contributed by atoms with Crippen LogP contribution in [0.4, 0.5) is 11.4 Å². The predicted octanol–water partition coefficient (Wildman–Crippen LogP) is 4.84. The van der Waals surface area contributed by atoms with Crippen LogP contribution < -0.4 is 19.3 Å². The van der Waals surface area contributed by atoms with E-state index in [0.717, 1.165) is 5.69 Å². The third-order valence-electron chi connectivity index (χ3n) is 6.47. The number of hydrogen-bond acceptors (Lipinski definition) is 8. The van der Waals surface area contributed by atoms with Crippen molar-refractivity contribution in [3.05, 3.63) is 87.9 Å². The fourth-order valence-corrected chi connectivity index (χ4v) is 4.67. The summed E-state index contributed by atoms with van der Waals surface area (Å²) in [5.74, 6) is -2.28. The van der Waals surface area contributed by atoms with Gasteiger partial charge in [-0.3, -0.25) is 14.5 Å². The maximum absolute atomic E-state index is 13.5. The summed E-state index contributed by atoms with van der Waals surface area (Å²) in [6, 6.07) is 15.3. The van der Waals surface area contributed by atoms with Crippen LogP contribution in [0.2, 0.25) is 5.02 Å². The van der Waals surface area contributed by atoms with E-state index in [1.807, 2.05) is 31.1 Å². The lowest BCUT2D eigenvalue weighted by Crippen LogP contribution is -2.29.